The largest absolute Gasteiger partial charge is 0.497 e. The van der Waals surface area contributed by atoms with Crippen molar-refractivity contribution in [3.63, 3.8) is 0 Å². The molecule has 0 fully saturated rings. The van der Waals surface area contributed by atoms with Crippen molar-refractivity contribution in [3.05, 3.63) is 96.1 Å². The number of anilines is 2. The van der Waals surface area contributed by atoms with Gasteiger partial charge >= 0.3 is 6.03 Å². The van der Waals surface area contributed by atoms with E-state index >= 15 is 0 Å². The van der Waals surface area contributed by atoms with Crippen LogP contribution in [0.2, 0.25) is 0 Å². The van der Waals surface area contributed by atoms with E-state index in [2.05, 4.69) is 41.6 Å². The van der Waals surface area contributed by atoms with Crippen molar-refractivity contribution in [2.75, 3.05) is 51.1 Å². The van der Waals surface area contributed by atoms with E-state index in [1.165, 1.54) is 5.56 Å². The Morgan fingerprint density at radius 2 is 1.78 bits per heavy atom. The molecule has 4 atom stereocenters. The summed E-state index contributed by atoms with van der Waals surface area (Å²) in [6.45, 7) is 8.08. The van der Waals surface area contributed by atoms with E-state index in [0.717, 1.165) is 42.3 Å². The molecule has 10 nitrogen and oxygen atoms in total. The fourth-order valence-electron chi connectivity index (χ4n) is 6.50. The Morgan fingerprint density at radius 3 is 2.55 bits per heavy atom. The molecule has 0 saturated heterocycles. The second-order valence-corrected chi connectivity index (χ2v) is 13.7. The summed E-state index contributed by atoms with van der Waals surface area (Å²) in [5.41, 5.74) is 2.62. The number of urea groups is 1. The van der Waals surface area contributed by atoms with Crippen molar-refractivity contribution in [2.24, 2.45) is 5.92 Å². The monoisotopic (exact) mass is 696 g/mol. The minimum Gasteiger partial charge on any atom is -0.497 e. The van der Waals surface area contributed by atoms with Crippen LogP contribution < -0.4 is 20.1 Å². The topological polar surface area (TPSA) is 113 Å². The van der Waals surface area contributed by atoms with E-state index in [-0.39, 0.29) is 30.6 Å². The Bertz CT molecular complexity index is 1740. The number of benzene rings is 4. The SMILES string of the molecule is COc1ccc(CN(C)C[C@H]2OCCCC[C@H](C)Oc3ccc(NC(=O)Nc4cccc5ccccc45)cc3C(=O)N([C@H](C)CO)C[C@@H]2C)cc1. The normalized spacial score (nSPS) is 19.5. The average Bonchev–Trinajstić information content (AvgIpc) is 3.13. The first-order chi connectivity index (χ1) is 24.6. The number of aliphatic hydroxyl groups excluding tert-OH is 1. The molecular formula is C41H52N4O6. The van der Waals surface area contributed by atoms with E-state index in [1.807, 2.05) is 68.4 Å². The average molecular weight is 697 g/mol. The van der Waals surface area contributed by atoms with Crippen LogP contribution in [0.15, 0.2) is 84.9 Å². The first-order valence-corrected chi connectivity index (χ1v) is 17.9. The zero-order valence-electron chi connectivity index (χ0n) is 30.4. The van der Waals surface area contributed by atoms with Gasteiger partial charge in [-0.3, -0.25) is 9.69 Å². The van der Waals surface area contributed by atoms with Gasteiger partial charge in [-0.1, -0.05) is 55.5 Å². The summed E-state index contributed by atoms with van der Waals surface area (Å²) in [4.78, 5) is 31.7. The maximum atomic E-state index is 14.5. The van der Waals surface area contributed by atoms with Crippen molar-refractivity contribution in [2.45, 2.75) is 64.8 Å². The third kappa shape index (κ3) is 10.2. The molecule has 0 radical (unpaired) electrons. The van der Waals surface area contributed by atoms with Crippen LogP contribution in [-0.4, -0.2) is 85.6 Å². The summed E-state index contributed by atoms with van der Waals surface area (Å²) in [6, 6.07) is 25.9. The summed E-state index contributed by atoms with van der Waals surface area (Å²) in [5.74, 6) is 0.923. The molecule has 0 spiro atoms. The molecular weight excluding hydrogens is 644 g/mol. The van der Waals surface area contributed by atoms with Crippen molar-refractivity contribution in [3.8, 4) is 11.5 Å². The number of nitrogens with zero attached hydrogens (tertiary/aromatic N) is 2. The van der Waals surface area contributed by atoms with Crippen molar-refractivity contribution in [1.82, 2.24) is 9.80 Å². The highest BCUT2D eigenvalue weighted by Gasteiger charge is 2.30. The van der Waals surface area contributed by atoms with Crippen LogP contribution in [0.3, 0.4) is 0 Å². The molecule has 0 aromatic heterocycles. The molecule has 1 heterocycles. The number of ether oxygens (including phenoxy) is 3. The minimum absolute atomic E-state index is 0.0553. The number of carbonyl (C=O) groups excluding carboxylic acids is 2. The van der Waals surface area contributed by atoms with E-state index in [9.17, 15) is 14.7 Å². The highest BCUT2D eigenvalue weighted by Crippen LogP contribution is 2.29. The summed E-state index contributed by atoms with van der Waals surface area (Å²) < 4.78 is 18.2. The van der Waals surface area contributed by atoms with Crippen molar-refractivity contribution < 1.29 is 28.9 Å². The maximum Gasteiger partial charge on any atom is 0.323 e. The fraction of sp³-hybridized carbons (Fsp3) is 0.415. The molecule has 51 heavy (non-hydrogen) atoms. The molecule has 1 aliphatic rings. The molecule has 5 rings (SSSR count). The van der Waals surface area contributed by atoms with Gasteiger partial charge in [-0.15, -0.1) is 0 Å². The molecule has 0 unspecified atom stereocenters. The molecule has 0 saturated carbocycles. The summed E-state index contributed by atoms with van der Waals surface area (Å²) in [6.07, 6.45) is 2.28. The smallest absolute Gasteiger partial charge is 0.323 e. The van der Waals surface area contributed by atoms with Gasteiger partial charge in [-0.2, -0.15) is 0 Å². The Morgan fingerprint density at radius 1 is 1.02 bits per heavy atom. The lowest BCUT2D eigenvalue weighted by molar-refractivity contribution is -0.0177. The molecule has 272 valence electrons. The van der Waals surface area contributed by atoms with Crippen LogP contribution >= 0.6 is 0 Å². The fourth-order valence-corrected chi connectivity index (χ4v) is 6.50. The number of carbonyl (C=O) groups is 2. The number of nitrogens with one attached hydrogen (secondary N) is 2. The zero-order chi connectivity index (χ0) is 36.3. The third-order valence-corrected chi connectivity index (χ3v) is 9.45. The van der Waals surface area contributed by atoms with Crippen LogP contribution in [0.5, 0.6) is 11.5 Å². The number of likely N-dealkylation sites (N-methyl/N-ethyl adjacent to an activating group) is 1. The van der Waals surface area contributed by atoms with Gasteiger partial charge in [-0.25, -0.2) is 4.79 Å². The molecule has 0 bridgehead atoms. The summed E-state index contributed by atoms with van der Waals surface area (Å²) >= 11 is 0. The van der Waals surface area contributed by atoms with Crippen LogP contribution in [0, 0.1) is 5.92 Å². The Balaban J connectivity index is 1.37. The second kappa shape index (κ2) is 18.0. The number of fused-ring (bicyclic) bond motifs is 2. The lowest BCUT2D eigenvalue weighted by Gasteiger charge is -2.36. The van der Waals surface area contributed by atoms with E-state index in [0.29, 0.717) is 42.4 Å². The first-order valence-electron chi connectivity index (χ1n) is 17.9. The van der Waals surface area contributed by atoms with E-state index in [1.54, 1.807) is 30.2 Å². The molecule has 4 aromatic carbocycles. The van der Waals surface area contributed by atoms with Gasteiger partial charge in [0.1, 0.15) is 11.5 Å². The number of amides is 3. The predicted molar refractivity (Wildman–Crippen MR) is 203 cm³/mol. The van der Waals surface area contributed by atoms with Crippen molar-refractivity contribution >= 4 is 34.1 Å². The van der Waals surface area contributed by atoms with Gasteiger partial charge in [-0.05, 0) is 87.5 Å². The highest BCUT2D eigenvalue weighted by molar-refractivity contribution is 6.07. The number of aliphatic hydroxyl groups is 1. The van der Waals surface area contributed by atoms with Gasteiger partial charge in [0, 0.05) is 43.2 Å². The van der Waals surface area contributed by atoms with Gasteiger partial charge in [0.2, 0.25) is 0 Å². The van der Waals surface area contributed by atoms with E-state index < -0.39 is 12.1 Å². The van der Waals surface area contributed by atoms with Gasteiger partial charge < -0.3 is 34.9 Å². The van der Waals surface area contributed by atoms with Crippen molar-refractivity contribution in [1.29, 1.82) is 0 Å². The molecule has 10 heteroatoms. The molecule has 3 amide bonds. The first kappa shape index (κ1) is 37.6. The van der Waals surface area contributed by atoms with Gasteiger partial charge in [0.15, 0.2) is 0 Å². The van der Waals surface area contributed by atoms with E-state index in [4.69, 9.17) is 14.2 Å². The summed E-state index contributed by atoms with van der Waals surface area (Å²) in [7, 11) is 3.74. The predicted octanol–water partition coefficient (Wildman–Crippen LogP) is 7.42. The molecule has 4 aromatic rings. The quantitative estimate of drug-likeness (QED) is 0.167. The van der Waals surface area contributed by atoms with Gasteiger partial charge in [0.25, 0.3) is 5.91 Å². The Hall–Kier alpha value is -4.64. The van der Waals surface area contributed by atoms with Gasteiger partial charge in [0.05, 0.1) is 43.2 Å². The Labute approximate surface area is 301 Å². The standard InChI is InChI=1S/C41H52N4O6/c1-28-24-45(29(2)27-46)40(47)36-23-33(42-41(48)43-37-15-10-13-32-12-6-7-14-35(32)37)18-21-38(36)51-30(3)11-8-9-22-50-39(28)26-44(4)25-31-16-19-34(49-5)20-17-31/h6-7,10,12-21,23,28-30,39,46H,8-9,11,22,24-27H2,1-5H3,(H2,42,43,48)/t28-,29+,30-,39+/m0/s1. The number of rotatable bonds is 9. The zero-order valence-corrected chi connectivity index (χ0v) is 30.4. The number of hydrogen-bond acceptors (Lipinski definition) is 7. The van der Waals surface area contributed by atoms with Crippen LogP contribution in [0.1, 0.15) is 56.0 Å². The van der Waals surface area contributed by atoms with Crippen LogP contribution in [0.25, 0.3) is 10.8 Å². The minimum atomic E-state index is -0.470. The third-order valence-electron chi connectivity index (χ3n) is 9.45. The molecule has 1 aliphatic heterocycles. The summed E-state index contributed by atoms with van der Waals surface area (Å²) in [5, 5.41) is 18.1. The van der Waals surface area contributed by atoms with Crippen LogP contribution in [-0.2, 0) is 11.3 Å². The number of hydrogen-bond donors (Lipinski definition) is 3. The molecule has 0 aliphatic carbocycles. The number of methoxy groups -OCH3 is 1. The highest BCUT2D eigenvalue weighted by atomic mass is 16.5. The lowest BCUT2D eigenvalue weighted by Crippen LogP contribution is -2.47. The maximum absolute atomic E-state index is 14.5. The van der Waals surface area contributed by atoms with Crippen LogP contribution in [0.4, 0.5) is 16.2 Å². The molecule has 3 N–H and O–H groups in total. The Kier molecular flexibility index (Phi) is 13.3. The second-order valence-electron chi connectivity index (χ2n) is 13.7. The lowest BCUT2D eigenvalue weighted by atomic mass is 10.0.